The summed E-state index contributed by atoms with van der Waals surface area (Å²) in [6.45, 7) is 4.89. The van der Waals surface area contributed by atoms with Crippen LogP contribution < -0.4 is 34.4 Å². The van der Waals surface area contributed by atoms with Gasteiger partial charge >= 0.3 is 35.8 Å². The first-order chi connectivity index (χ1) is 30.3. The molecule has 0 saturated carbocycles. The van der Waals surface area contributed by atoms with Crippen LogP contribution in [0.3, 0.4) is 0 Å². The lowest BCUT2D eigenvalue weighted by atomic mass is 10.1. The molecule has 21 nitrogen and oxygen atoms in total. The monoisotopic (exact) mass is 935 g/mol. The van der Waals surface area contributed by atoms with E-state index in [-0.39, 0.29) is 18.1 Å². The molecule has 0 aliphatic heterocycles. The summed E-state index contributed by atoms with van der Waals surface area (Å²) in [7, 11) is 0. The number of hydrogen-bond donors (Lipinski definition) is 15. The van der Waals surface area contributed by atoms with Gasteiger partial charge in [0.25, 0.3) is 0 Å². The Bertz CT molecular complexity index is 1980. The Morgan fingerprint density at radius 1 is 0.554 bits per heavy atom. The Morgan fingerprint density at radius 3 is 1.34 bits per heavy atom. The molecule has 0 aliphatic carbocycles. The lowest BCUT2D eigenvalue weighted by Crippen LogP contribution is -2.39. The number of aliphatic carboxylic acids is 6. The Kier molecular flexibility index (Phi) is 31.3. The van der Waals surface area contributed by atoms with Crippen molar-refractivity contribution in [2.24, 2.45) is 40.3 Å². The van der Waals surface area contributed by atoms with Crippen LogP contribution in [-0.4, -0.2) is 136 Å². The lowest BCUT2D eigenvalue weighted by Gasteiger charge is -2.07. The molecular formula is C43H65N7O14S. The van der Waals surface area contributed by atoms with Crippen molar-refractivity contribution in [2.45, 2.75) is 88.8 Å². The minimum atomic E-state index is -1.18. The van der Waals surface area contributed by atoms with Gasteiger partial charge in [0, 0.05) is 23.5 Å². The number of aliphatic hydroxyl groups is 1. The fraction of sp³-hybridized carbons (Fsp3) is 0.395. The number of thioether (sulfide) groups is 1. The largest absolute Gasteiger partial charge is 0.508 e. The number of H-pyrrole nitrogens is 1. The van der Waals surface area contributed by atoms with Crippen molar-refractivity contribution in [1.29, 1.82) is 0 Å². The number of hydrogen-bond acceptors (Lipinski definition) is 15. The molecule has 4 rings (SSSR count). The van der Waals surface area contributed by atoms with Crippen molar-refractivity contribution < 1.29 is 69.6 Å². The van der Waals surface area contributed by atoms with Gasteiger partial charge in [0.15, 0.2) is 0 Å². The molecule has 0 amide bonds. The molecule has 0 unspecified atom stereocenters. The van der Waals surface area contributed by atoms with E-state index in [1.807, 2.05) is 67.0 Å². The van der Waals surface area contributed by atoms with E-state index in [4.69, 9.17) is 75.3 Å². The molecule has 3 aromatic carbocycles. The number of aromatic nitrogens is 1. The first-order valence-corrected chi connectivity index (χ1v) is 21.1. The summed E-state index contributed by atoms with van der Waals surface area (Å²) in [5, 5.41) is 68.8. The number of aliphatic hydroxyl groups excluding tert-OH is 1. The van der Waals surface area contributed by atoms with Crippen LogP contribution in [0.25, 0.3) is 10.9 Å². The molecule has 0 aliphatic rings. The zero-order chi connectivity index (χ0) is 50.4. The molecule has 1 aromatic heterocycles. The SMILES string of the molecule is CC(C)[C@H](N)C(=O)O.CSCC[C@H](N)C(=O)O.C[C@@H](O)[C@H](N)C(=O)O.N[C@@H](Cc1c[nH]c2ccccc12)C(=O)O.N[C@@H](Cc1ccc(O)cc1)C(=O)O.N[C@@H](Cc1ccccc1)C(=O)O. The summed E-state index contributed by atoms with van der Waals surface area (Å²) in [6.07, 6.45) is 4.32. The molecule has 7 atom stereocenters. The van der Waals surface area contributed by atoms with Crippen molar-refractivity contribution in [1.82, 2.24) is 4.98 Å². The van der Waals surface area contributed by atoms with E-state index in [1.54, 1.807) is 37.7 Å². The van der Waals surface area contributed by atoms with Gasteiger partial charge < -0.3 is 80.2 Å². The molecule has 65 heavy (non-hydrogen) atoms. The van der Waals surface area contributed by atoms with Gasteiger partial charge in [-0.3, -0.25) is 28.8 Å². The van der Waals surface area contributed by atoms with Crippen LogP contribution in [-0.2, 0) is 48.0 Å². The maximum atomic E-state index is 10.6. The van der Waals surface area contributed by atoms with Crippen molar-refractivity contribution >= 4 is 58.5 Å². The number of aromatic amines is 1. The third kappa shape index (κ3) is 28.3. The van der Waals surface area contributed by atoms with Gasteiger partial charge in [0.1, 0.15) is 42.0 Å². The Labute approximate surface area is 380 Å². The van der Waals surface area contributed by atoms with Crippen molar-refractivity contribution in [2.75, 3.05) is 12.0 Å². The van der Waals surface area contributed by atoms with Gasteiger partial charge in [0.05, 0.1) is 6.10 Å². The predicted molar refractivity (Wildman–Crippen MR) is 247 cm³/mol. The van der Waals surface area contributed by atoms with Crippen molar-refractivity contribution in [3.05, 3.63) is 102 Å². The van der Waals surface area contributed by atoms with E-state index < -0.39 is 78.2 Å². The minimum absolute atomic E-state index is 0.0208. The van der Waals surface area contributed by atoms with E-state index in [0.29, 0.717) is 19.3 Å². The van der Waals surface area contributed by atoms with Gasteiger partial charge in [-0.15, -0.1) is 0 Å². The van der Waals surface area contributed by atoms with E-state index in [1.165, 1.54) is 19.1 Å². The number of fused-ring (bicyclic) bond motifs is 1. The molecule has 0 fully saturated rings. The first-order valence-electron chi connectivity index (χ1n) is 19.7. The second kappa shape index (κ2) is 33.4. The van der Waals surface area contributed by atoms with Gasteiger partial charge in [-0.1, -0.05) is 74.5 Å². The summed E-state index contributed by atoms with van der Waals surface area (Å²) in [6, 6.07) is 18.3. The maximum absolute atomic E-state index is 10.6. The molecule has 22 heteroatoms. The van der Waals surface area contributed by atoms with Crippen LogP contribution >= 0.6 is 11.8 Å². The maximum Gasteiger partial charge on any atom is 0.323 e. The van der Waals surface area contributed by atoms with Crippen LogP contribution in [0.1, 0.15) is 43.9 Å². The second-order valence-electron chi connectivity index (χ2n) is 14.4. The number of carboxylic acids is 6. The Morgan fingerprint density at radius 2 is 0.969 bits per heavy atom. The molecule has 362 valence electrons. The summed E-state index contributed by atoms with van der Waals surface area (Å²) < 4.78 is 0. The van der Waals surface area contributed by atoms with Crippen LogP contribution in [0, 0.1) is 5.92 Å². The van der Waals surface area contributed by atoms with Crippen LogP contribution in [0.2, 0.25) is 0 Å². The topological polar surface area (TPSA) is 436 Å². The number of carboxylic acid groups (broad SMARTS) is 6. The molecule has 4 aromatic rings. The number of benzene rings is 3. The predicted octanol–water partition coefficient (Wildman–Crippen LogP) is 1.09. The van der Waals surface area contributed by atoms with E-state index in [0.717, 1.165) is 33.3 Å². The molecule has 0 radical (unpaired) electrons. The highest BCUT2D eigenvalue weighted by atomic mass is 32.2. The molecule has 1 heterocycles. The number of para-hydroxylation sites is 1. The van der Waals surface area contributed by atoms with Crippen LogP contribution in [0.4, 0.5) is 0 Å². The Hall–Kier alpha value is -6.11. The van der Waals surface area contributed by atoms with Gasteiger partial charge in [-0.05, 0) is 79.0 Å². The zero-order valence-corrected chi connectivity index (χ0v) is 37.5. The fourth-order valence-corrected chi connectivity index (χ4v) is 4.90. The highest BCUT2D eigenvalue weighted by molar-refractivity contribution is 7.98. The van der Waals surface area contributed by atoms with Gasteiger partial charge in [-0.2, -0.15) is 11.8 Å². The third-order valence-electron chi connectivity index (χ3n) is 8.52. The number of phenols is 1. The second-order valence-corrected chi connectivity index (χ2v) is 15.4. The van der Waals surface area contributed by atoms with Gasteiger partial charge in [0.2, 0.25) is 0 Å². The number of aromatic hydroxyl groups is 1. The van der Waals surface area contributed by atoms with E-state index in [2.05, 4.69) is 4.98 Å². The number of rotatable bonds is 17. The summed E-state index contributed by atoms with van der Waals surface area (Å²) in [5.74, 6) is -4.98. The molecule has 21 N–H and O–H groups in total. The third-order valence-corrected chi connectivity index (χ3v) is 9.16. The van der Waals surface area contributed by atoms with Crippen LogP contribution in [0.5, 0.6) is 5.75 Å². The number of nitrogens with two attached hydrogens (primary N) is 6. The average molecular weight is 936 g/mol. The number of carbonyl (C=O) groups is 6. The normalized spacial score (nSPS) is 13.4. The smallest absolute Gasteiger partial charge is 0.323 e. The molecule has 0 spiro atoms. The highest BCUT2D eigenvalue weighted by Crippen LogP contribution is 2.18. The van der Waals surface area contributed by atoms with E-state index >= 15 is 0 Å². The summed E-state index contributed by atoms with van der Waals surface area (Å²) in [5.41, 5.74) is 35.1. The average Bonchev–Trinajstić information content (AvgIpc) is 3.66. The van der Waals surface area contributed by atoms with Crippen LogP contribution in [0.15, 0.2) is 85.1 Å². The first kappa shape index (κ1) is 61.0. The summed E-state index contributed by atoms with van der Waals surface area (Å²) in [4.78, 5) is 64.4. The van der Waals surface area contributed by atoms with E-state index in [9.17, 15) is 28.8 Å². The van der Waals surface area contributed by atoms with Crippen molar-refractivity contribution in [3.63, 3.8) is 0 Å². The quantitative estimate of drug-likeness (QED) is 0.0704. The molecular weight excluding hydrogens is 871 g/mol. The molecule has 0 saturated heterocycles. The number of phenolic OH excluding ortho intramolecular Hbond substituents is 1. The lowest BCUT2D eigenvalue weighted by molar-refractivity contribution is -0.141. The fourth-order valence-electron chi connectivity index (χ4n) is 4.41. The minimum Gasteiger partial charge on any atom is -0.508 e. The number of nitrogens with one attached hydrogen (secondary N) is 1. The summed E-state index contributed by atoms with van der Waals surface area (Å²) >= 11 is 1.60. The Balaban J connectivity index is 0. The highest BCUT2D eigenvalue weighted by Gasteiger charge is 2.17. The molecule has 0 bridgehead atoms. The zero-order valence-electron chi connectivity index (χ0n) is 36.6. The van der Waals surface area contributed by atoms with Crippen molar-refractivity contribution in [3.8, 4) is 5.75 Å². The standard InChI is InChI=1S/C11H12N2O2.C9H11NO3.C9H11NO2.C5H11NO2S.C5H11NO2.C4H9NO3/c12-9(11(14)15)5-7-6-13-10-4-2-1-3-8(7)10;10-8(9(12)13)5-6-1-3-7(11)4-2-6;10-8(9(11)12)6-7-4-2-1-3-5-7;1-9-3-2-4(6)5(7)8;1-3(2)4(6)5(7)8;1-2(6)3(5)4(7)8/h1-4,6,9,13H,5,12H2,(H,14,15);1-4,8,11H,5,10H2,(H,12,13);1-5,8H,6,10H2,(H,11,12);4H,2-3,6H2,1H3,(H,7,8);3-4H,6H2,1-2H3,(H,7,8);2-3,6H,5H2,1H3,(H,7,8)/t9-;2*8-;2*4-;2-,3+/m000001/s1. The van der Waals surface area contributed by atoms with Gasteiger partial charge in [-0.25, -0.2) is 0 Å².